The number of aryl methyl sites for hydroxylation is 1. The van der Waals surface area contributed by atoms with Crippen molar-refractivity contribution in [3.05, 3.63) is 75.4 Å². The Balaban J connectivity index is 1.55. The lowest BCUT2D eigenvalue weighted by Gasteiger charge is -2.09. The molecule has 3 rings (SSSR count). The number of aromatic amines is 1. The number of amides is 1. The van der Waals surface area contributed by atoms with Gasteiger partial charge in [-0.3, -0.25) is 14.6 Å². The molecule has 1 amide bonds. The van der Waals surface area contributed by atoms with Crippen LogP contribution in [-0.2, 0) is 11.2 Å². The van der Waals surface area contributed by atoms with Gasteiger partial charge in [0.15, 0.2) is 0 Å². The van der Waals surface area contributed by atoms with E-state index in [0.717, 1.165) is 0 Å². The Morgan fingerprint density at radius 1 is 1.25 bits per heavy atom. The van der Waals surface area contributed by atoms with Crippen molar-refractivity contribution in [1.82, 2.24) is 20.3 Å². The van der Waals surface area contributed by atoms with E-state index in [4.69, 9.17) is 16.3 Å². The molecule has 0 aliphatic carbocycles. The normalized spacial score (nSPS) is 10.5. The summed E-state index contributed by atoms with van der Waals surface area (Å²) in [5.41, 5.74) is 1.22. The van der Waals surface area contributed by atoms with Crippen LogP contribution in [0.25, 0.3) is 11.4 Å². The summed E-state index contributed by atoms with van der Waals surface area (Å²) in [6, 6.07) is 10.5. The number of ether oxygens (including phenoxy) is 1. The molecule has 1 aromatic carbocycles. The number of hydrogen-bond acceptors (Lipinski definition) is 5. The lowest BCUT2D eigenvalue weighted by molar-refractivity contribution is -0.120. The van der Waals surface area contributed by atoms with E-state index in [1.807, 2.05) is 0 Å². The Kier molecular flexibility index (Phi) is 6.39. The summed E-state index contributed by atoms with van der Waals surface area (Å²) in [4.78, 5) is 35.6. The standard InChI is InChI=1S/C20H19ClN4O3/c1-13-17(20(27)25-19(24-13)14-3-2-8-22-12-14)11-18(26)23-9-10-28-16-6-4-15(21)5-7-16/h2-8,12H,9-11H2,1H3,(H,23,26)(H,24,25,27). The molecule has 0 unspecified atom stereocenters. The van der Waals surface area contributed by atoms with Gasteiger partial charge in [0.05, 0.1) is 13.0 Å². The van der Waals surface area contributed by atoms with Crippen molar-refractivity contribution in [2.75, 3.05) is 13.2 Å². The van der Waals surface area contributed by atoms with Gasteiger partial charge in [-0.25, -0.2) is 4.98 Å². The molecule has 0 saturated heterocycles. The van der Waals surface area contributed by atoms with Crippen LogP contribution in [0.2, 0.25) is 5.02 Å². The molecule has 144 valence electrons. The van der Waals surface area contributed by atoms with E-state index in [0.29, 0.717) is 46.6 Å². The number of nitrogens with one attached hydrogen (secondary N) is 2. The summed E-state index contributed by atoms with van der Waals surface area (Å²) in [6.07, 6.45) is 3.21. The van der Waals surface area contributed by atoms with E-state index in [2.05, 4.69) is 20.3 Å². The molecule has 0 atom stereocenters. The van der Waals surface area contributed by atoms with Crippen LogP contribution in [0.1, 0.15) is 11.3 Å². The molecule has 0 spiro atoms. The van der Waals surface area contributed by atoms with Gasteiger partial charge in [-0.05, 0) is 43.3 Å². The second-order valence-corrected chi connectivity index (χ2v) is 6.49. The first-order valence-electron chi connectivity index (χ1n) is 8.68. The van der Waals surface area contributed by atoms with Crippen molar-refractivity contribution in [2.24, 2.45) is 0 Å². The summed E-state index contributed by atoms with van der Waals surface area (Å²) in [7, 11) is 0. The summed E-state index contributed by atoms with van der Waals surface area (Å²) in [6.45, 7) is 2.34. The number of carbonyl (C=O) groups is 1. The number of H-pyrrole nitrogens is 1. The number of benzene rings is 1. The number of aromatic nitrogens is 3. The predicted molar refractivity (Wildman–Crippen MR) is 106 cm³/mol. The fourth-order valence-electron chi connectivity index (χ4n) is 2.57. The van der Waals surface area contributed by atoms with Crippen LogP contribution in [0.15, 0.2) is 53.6 Å². The zero-order chi connectivity index (χ0) is 19.9. The lowest BCUT2D eigenvalue weighted by atomic mass is 10.1. The zero-order valence-corrected chi connectivity index (χ0v) is 16.0. The molecule has 2 heterocycles. The second kappa shape index (κ2) is 9.14. The molecule has 0 saturated carbocycles. The van der Waals surface area contributed by atoms with Crippen LogP contribution < -0.4 is 15.6 Å². The number of hydrogen-bond donors (Lipinski definition) is 2. The van der Waals surface area contributed by atoms with E-state index < -0.39 is 0 Å². The van der Waals surface area contributed by atoms with Crippen molar-refractivity contribution in [3.63, 3.8) is 0 Å². The first-order valence-corrected chi connectivity index (χ1v) is 9.06. The van der Waals surface area contributed by atoms with Gasteiger partial charge >= 0.3 is 0 Å². The van der Waals surface area contributed by atoms with Gasteiger partial charge in [0, 0.05) is 34.2 Å². The lowest BCUT2D eigenvalue weighted by Crippen LogP contribution is -2.32. The third-order valence-electron chi connectivity index (χ3n) is 4.00. The molecule has 8 heteroatoms. The van der Waals surface area contributed by atoms with Crippen LogP contribution in [0.3, 0.4) is 0 Å². The van der Waals surface area contributed by atoms with E-state index >= 15 is 0 Å². The van der Waals surface area contributed by atoms with Gasteiger partial charge in [0.25, 0.3) is 5.56 Å². The van der Waals surface area contributed by atoms with E-state index in [1.165, 1.54) is 0 Å². The second-order valence-electron chi connectivity index (χ2n) is 6.05. The zero-order valence-electron chi connectivity index (χ0n) is 15.2. The molecule has 3 aromatic rings. The average molecular weight is 399 g/mol. The van der Waals surface area contributed by atoms with Crippen molar-refractivity contribution >= 4 is 17.5 Å². The Morgan fingerprint density at radius 3 is 2.71 bits per heavy atom. The van der Waals surface area contributed by atoms with Crippen molar-refractivity contribution < 1.29 is 9.53 Å². The molecule has 0 aliphatic rings. The first kappa shape index (κ1) is 19.6. The number of nitrogens with zero attached hydrogens (tertiary/aromatic N) is 2. The van der Waals surface area contributed by atoms with Crippen molar-refractivity contribution in [1.29, 1.82) is 0 Å². The highest BCUT2D eigenvalue weighted by molar-refractivity contribution is 6.30. The molecule has 2 N–H and O–H groups in total. The monoisotopic (exact) mass is 398 g/mol. The van der Waals surface area contributed by atoms with Gasteiger partial charge in [-0.1, -0.05) is 11.6 Å². The molecule has 0 fully saturated rings. The van der Waals surface area contributed by atoms with Crippen LogP contribution in [0, 0.1) is 6.92 Å². The van der Waals surface area contributed by atoms with Gasteiger partial charge < -0.3 is 15.0 Å². The number of halogens is 1. The van der Waals surface area contributed by atoms with Gasteiger partial charge in [0.2, 0.25) is 5.91 Å². The van der Waals surface area contributed by atoms with Gasteiger partial charge in [0.1, 0.15) is 18.2 Å². The first-order chi connectivity index (χ1) is 13.5. The molecule has 2 aromatic heterocycles. The maximum atomic E-state index is 12.4. The predicted octanol–water partition coefficient (Wildman–Crippen LogP) is 2.53. The summed E-state index contributed by atoms with van der Waals surface area (Å²) < 4.78 is 5.51. The van der Waals surface area contributed by atoms with Crippen LogP contribution in [0.4, 0.5) is 0 Å². The number of pyridine rings is 1. The Bertz CT molecular complexity index is 1000. The van der Waals surface area contributed by atoms with E-state index in [-0.39, 0.29) is 17.9 Å². The highest BCUT2D eigenvalue weighted by Gasteiger charge is 2.13. The van der Waals surface area contributed by atoms with Crippen LogP contribution >= 0.6 is 11.6 Å². The highest BCUT2D eigenvalue weighted by Crippen LogP contribution is 2.15. The average Bonchev–Trinajstić information content (AvgIpc) is 2.70. The molecule has 0 bridgehead atoms. The minimum absolute atomic E-state index is 0.0531. The smallest absolute Gasteiger partial charge is 0.255 e. The van der Waals surface area contributed by atoms with E-state index in [9.17, 15) is 9.59 Å². The fraction of sp³-hybridized carbons (Fsp3) is 0.200. The Hall–Kier alpha value is -3.19. The molecular formula is C20H19ClN4O3. The minimum atomic E-state index is -0.334. The maximum absolute atomic E-state index is 12.4. The van der Waals surface area contributed by atoms with Crippen molar-refractivity contribution in [3.8, 4) is 17.1 Å². The number of carbonyl (C=O) groups excluding carboxylic acids is 1. The summed E-state index contributed by atoms with van der Waals surface area (Å²) in [5.74, 6) is 0.821. The minimum Gasteiger partial charge on any atom is -0.492 e. The molecule has 7 nitrogen and oxygen atoms in total. The highest BCUT2D eigenvalue weighted by atomic mass is 35.5. The SMILES string of the molecule is Cc1nc(-c2cccnc2)[nH]c(=O)c1CC(=O)NCCOc1ccc(Cl)cc1. The Morgan fingerprint density at radius 2 is 2.04 bits per heavy atom. The molecular weight excluding hydrogens is 380 g/mol. The van der Waals surface area contributed by atoms with Crippen LogP contribution in [-0.4, -0.2) is 34.0 Å². The largest absolute Gasteiger partial charge is 0.492 e. The molecule has 28 heavy (non-hydrogen) atoms. The topological polar surface area (TPSA) is 97.0 Å². The van der Waals surface area contributed by atoms with Crippen LogP contribution in [0.5, 0.6) is 5.75 Å². The quantitative estimate of drug-likeness (QED) is 0.596. The summed E-state index contributed by atoms with van der Waals surface area (Å²) >= 11 is 5.81. The number of rotatable bonds is 7. The van der Waals surface area contributed by atoms with E-state index in [1.54, 1.807) is 55.7 Å². The third-order valence-corrected chi connectivity index (χ3v) is 4.25. The molecule has 0 aliphatic heterocycles. The molecule has 0 radical (unpaired) electrons. The van der Waals surface area contributed by atoms with Gasteiger partial charge in [-0.15, -0.1) is 0 Å². The third kappa shape index (κ3) is 5.17. The van der Waals surface area contributed by atoms with Gasteiger partial charge in [-0.2, -0.15) is 0 Å². The Labute approximate surface area is 166 Å². The fourth-order valence-corrected chi connectivity index (χ4v) is 2.70. The maximum Gasteiger partial charge on any atom is 0.255 e. The summed E-state index contributed by atoms with van der Waals surface area (Å²) in [5, 5.41) is 3.36. The van der Waals surface area contributed by atoms with Crippen molar-refractivity contribution in [2.45, 2.75) is 13.3 Å².